The van der Waals surface area contributed by atoms with E-state index in [0.29, 0.717) is 6.61 Å². The monoisotopic (exact) mass is 302 g/mol. The second-order valence-electron chi connectivity index (χ2n) is 4.64. The van der Waals surface area contributed by atoms with Gasteiger partial charge in [-0.15, -0.1) is 0 Å². The van der Waals surface area contributed by atoms with Crippen molar-refractivity contribution < 1.29 is 4.74 Å². The summed E-state index contributed by atoms with van der Waals surface area (Å²) in [6, 6.07) is 6.05. The van der Waals surface area contributed by atoms with Gasteiger partial charge in [0, 0.05) is 25.5 Å². The van der Waals surface area contributed by atoms with Crippen LogP contribution < -0.4 is 10.1 Å². The van der Waals surface area contributed by atoms with Crippen LogP contribution >= 0.6 is 11.3 Å². The molecule has 0 fully saturated rings. The van der Waals surface area contributed by atoms with E-state index in [1.165, 1.54) is 0 Å². The standard InChI is InChI=1S/C15H18N4OS/c1-2-20-12-5-3-6-13-14(12)18-15(21-13)17-7-4-9-19-10-8-16-11-19/h3,5-6,8,10-11H,2,4,7,9H2,1H3,(H,17,18). The summed E-state index contributed by atoms with van der Waals surface area (Å²) in [5.74, 6) is 0.859. The van der Waals surface area contributed by atoms with Crippen LogP contribution in [0.1, 0.15) is 13.3 Å². The maximum atomic E-state index is 5.61. The summed E-state index contributed by atoms with van der Waals surface area (Å²) in [4.78, 5) is 8.66. The molecule has 2 aromatic heterocycles. The number of thiazole rings is 1. The summed E-state index contributed by atoms with van der Waals surface area (Å²) in [7, 11) is 0. The van der Waals surface area contributed by atoms with E-state index >= 15 is 0 Å². The van der Waals surface area contributed by atoms with Crippen molar-refractivity contribution in [3.05, 3.63) is 36.9 Å². The van der Waals surface area contributed by atoms with Crippen molar-refractivity contribution in [2.45, 2.75) is 19.9 Å². The van der Waals surface area contributed by atoms with Gasteiger partial charge in [0.05, 0.1) is 17.6 Å². The first-order valence-electron chi connectivity index (χ1n) is 7.09. The van der Waals surface area contributed by atoms with E-state index in [9.17, 15) is 0 Å². The number of benzene rings is 1. The fraction of sp³-hybridized carbons (Fsp3) is 0.333. The molecule has 0 aliphatic heterocycles. The molecule has 21 heavy (non-hydrogen) atoms. The number of aryl methyl sites for hydroxylation is 1. The highest BCUT2D eigenvalue weighted by molar-refractivity contribution is 7.22. The third-order valence-corrected chi connectivity index (χ3v) is 4.09. The molecule has 1 N–H and O–H groups in total. The van der Waals surface area contributed by atoms with E-state index in [-0.39, 0.29) is 0 Å². The van der Waals surface area contributed by atoms with Crippen LogP contribution in [-0.2, 0) is 6.54 Å². The fourth-order valence-electron chi connectivity index (χ4n) is 2.15. The Morgan fingerprint density at radius 3 is 3.14 bits per heavy atom. The average molecular weight is 302 g/mol. The van der Waals surface area contributed by atoms with Crippen molar-refractivity contribution in [2.75, 3.05) is 18.5 Å². The molecule has 0 aliphatic rings. The summed E-state index contributed by atoms with van der Waals surface area (Å²) in [5.41, 5.74) is 0.946. The van der Waals surface area contributed by atoms with Crippen LogP contribution in [-0.4, -0.2) is 27.7 Å². The molecule has 0 aliphatic carbocycles. The molecule has 1 aromatic carbocycles. The molecule has 6 heteroatoms. The first kappa shape index (κ1) is 13.9. The van der Waals surface area contributed by atoms with Gasteiger partial charge in [0.2, 0.25) is 0 Å². The normalized spacial score (nSPS) is 10.9. The zero-order chi connectivity index (χ0) is 14.5. The molecule has 3 rings (SSSR count). The Hall–Kier alpha value is -2.08. The van der Waals surface area contributed by atoms with Crippen LogP contribution in [0.25, 0.3) is 10.2 Å². The summed E-state index contributed by atoms with van der Waals surface area (Å²) in [6.45, 7) is 4.49. The van der Waals surface area contributed by atoms with Gasteiger partial charge in [-0.25, -0.2) is 9.97 Å². The van der Waals surface area contributed by atoms with Crippen LogP contribution in [0.15, 0.2) is 36.9 Å². The predicted molar refractivity (Wildman–Crippen MR) is 86.1 cm³/mol. The number of imidazole rings is 1. The van der Waals surface area contributed by atoms with E-state index in [1.807, 2.05) is 31.6 Å². The van der Waals surface area contributed by atoms with Crippen LogP contribution in [0.2, 0.25) is 0 Å². The summed E-state index contributed by atoms with van der Waals surface area (Å²) in [6.07, 6.45) is 6.65. The molecule has 5 nitrogen and oxygen atoms in total. The van der Waals surface area contributed by atoms with Crippen LogP contribution in [0.5, 0.6) is 5.75 Å². The highest BCUT2D eigenvalue weighted by Gasteiger charge is 2.08. The molecule has 0 saturated heterocycles. The topological polar surface area (TPSA) is 52.0 Å². The van der Waals surface area contributed by atoms with Gasteiger partial charge in [-0.2, -0.15) is 0 Å². The second-order valence-corrected chi connectivity index (χ2v) is 5.67. The smallest absolute Gasteiger partial charge is 0.183 e. The molecule has 0 saturated carbocycles. The molecule has 0 atom stereocenters. The Labute approximate surface area is 127 Å². The number of fused-ring (bicyclic) bond motifs is 1. The number of ether oxygens (including phenoxy) is 1. The third kappa shape index (κ3) is 3.33. The maximum absolute atomic E-state index is 5.61. The molecule has 3 aromatic rings. The van der Waals surface area contributed by atoms with Gasteiger partial charge in [0.25, 0.3) is 0 Å². The van der Waals surface area contributed by atoms with Crippen molar-refractivity contribution >= 4 is 26.7 Å². The zero-order valence-electron chi connectivity index (χ0n) is 12.0. The van der Waals surface area contributed by atoms with E-state index in [0.717, 1.165) is 40.6 Å². The Morgan fingerprint density at radius 2 is 2.33 bits per heavy atom. The molecule has 110 valence electrons. The van der Waals surface area contributed by atoms with Crippen LogP contribution in [0, 0.1) is 0 Å². The number of hydrogen-bond acceptors (Lipinski definition) is 5. The quantitative estimate of drug-likeness (QED) is 0.680. The van der Waals surface area contributed by atoms with Crippen LogP contribution in [0.4, 0.5) is 5.13 Å². The van der Waals surface area contributed by atoms with Crippen molar-refractivity contribution in [1.29, 1.82) is 0 Å². The average Bonchev–Trinajstić information content (AvgIpc) is 3.13. The number of anilines is 1. The Bertz CT molecular complexity index is 693. The SMILES string of the molecule is CCOc1cccc2sc(NCCCn3ccnc3)nc12. The Balaban J connectivity index is 1.60. The summed E-state index contributed by atoms with van der Waals surface area (Å²) in [5, 5.41) is 4.33. The maximum Gasteiger partial charge on any atom is 0.183 e. The zero-order valence-corrected chi connectivity index (χ0v) is 12.8. The van der Waals surface area contributed by atoms with E-state index < -0.39 is 0 Å². The predicted octanol–water partition coefficient (Wildman–Crippen LogP) is 3.39. The number of nitrogens with zero attached hydrogens (tertiary/aromatic N) is 3. The highest BCUT2D eigenvalue weighted by atomic mass is 32.1. The minimum atomic E-state index is 0.657. The number of hydrogen-bond donors (Lipinski definition) is 1. The van der Waals surface area contributed by atoms with Gasteiger partial charge in [-0.1, -0.05) is 17.4 Å². The molecule has 0 bridgehead atoms. The minimum Gasteiger partial charge on any atom is -0.492 e. The highest BCUT2D eigenvalue weighted by Crippen LogP contribution is 2.32. The molecule has 0 spiro atoms. The van der Waals surface area contributed by atoms with E-state index in [2.05, 4.69) is 25.9 Å². The van der Waals surface area contributed by atoms with Crippen molar-refractivity contribution in [3.8, 4) is 5.75 Å². The first-order chi connectivity index (χ1) is 10.4. The molecule has 0 amide bonds. The Kier molecular flexibility index (Phi) is 4.35. The van der Waals surface area contributed by atoms with E-state index in [1.54, 1.807) is 17.5 Å². The van der Waals surface area contributed by atoms with Gasteiger partial charge in [-0.05, 0) is 25.5 Å². The van der Waals surface area contributed by atoms with Gasteiger partial charge in [0.15, 0.2) is 5.13 Å². The molecular weight excluding hydrogens is 284 g/mol. The third-order valence-electron chi connectivity index (χ3n) is 3.11. The number of rotatable bonds is 7. The lowest BCUT2D eigenvalue weighted by atomic mass is 10.3. The lowest BCUT2D eigenvalue weighted by Gasteiger charge is -2.03. The summed E-state index contributed by atoms with van der Waals surface area (Å²) >= 11 is 1.66. The van der Waals surface area contributed by atoms with Gasteiger partial charge in [0.1, 0.15) is 11.3 Å². The van der Waals surface area contributed by atoms with Crippen molar-refractivity contribution in [1.82, 2.24) is 14.5 Å². The van der Waals surface area contributed by atoms with Gasteiger partial charge in [-0.3, -0.25) is 0 Å². The lowest BCUT2D eigenvalue weighted by molar-refractivity contribution is 0.344. The lowest BCUT2D eigenvalue weighted by Crippen LogP contribution is -2.05. The van der Waals surface area contributed by atoms with Crippen LogP contribution in [0.3, 0.4) is 0 Å². The summed E-state index contributed by atoms with van der Waals surface area (Å²) < 4.78 is 8.84. The molecule has 0 radical (unpaired) electrons. The van der Waals surface area contributed by atoms with Crippen molar-refractivity contribution in [3.63, 3.8) is 0 Å². The number of aromatic nitrogens is 3. The largest absolute Gasteiger partial charge is 0.492 e. The number of para-hydroxylation sites is 1. The van der Waals surface area contributed by atoms with Gasteiger partial charge < -0.3 is 14.6 Å². The fourth-order valence-corrected chi connectivity index (χ4v) is 3.06. The van der Waals surface area contributed by atoms with Gasteiger partial charge >= 0.3 is 0 Å². The first-order valence-corrected chi connectivity index (χ1v) is 7.90. The van der Waals surface area contributed by atoms with E-state index in [4.69, 9.17) is 4.74 Å². The minimum absolute atomic E-state index is 0.657. The molecular formula is C15H18N4OS. The molecule has 0 unspecified atom stereocenters. The second kappa shape index (κ2) is 6.58. The Morgan fingerprint density at radius 1 is 1.38 bits per heavy atom. The molecule has 2 heterocycles. The number of nitrogens with one attached hydrogen (secondary N) is 1. The van der Waals surface area contributed by atoms with Crippen molar-refractivity contribution in [2.24, 2.45) is 0 Å².